The molecule has 0 spiro atoms. The first-order chi connectivity index (χ1) is 15.4. The molecule has 4 rings (SSSR count). The van der Waals surface area contributed by atoms with Crippen LogP contribution in [0.25, 0.3) is 10.9 Å². The van der Waals surface area contributed by atoms with E-state index in [4.69, 9.17) is 14.2 Å². The fourth-order valence-electron chi connectivity index (χ4n) is 5.49. The number of fused-ring (bicyclic) bond motifs is 5. The molecule has 3 atom stereocenters. The van der Waals surface area contributed by atoms with Crippen LogP contribution in [0.2, 0.25) is 0 Å². The summed E-state index contributed by atoms with van der Waals surface area (Å²) in [5.41, 5.74) is 3.46. The van der Waals surface area contributed by atoms with Gasteiger partial charge in [-0.3, -0.25) is 15.0 Å². The molecule has 9 nitrogen and oxygen atoms in total. The van der Waals surface area contributed by atoms with Crippen LogP contribution in [0.5, 0.6) is 5.75 Å². The number of nitrogens with one attached hydrogen (secondary N) is 1. The monoisotopic (exact) mass is 443 g/mol. The Kier molecular flexibility index (Phi) is 6.10. The summed E-state index contributed by atoms with van der Waals surface area (Å²) < 4.78 is 15.8. The average molecular weight is 444 g/mol. The molecular formula is C23H29N3O6. The number of piperidine rings is 1. The first-order valence-electron chi connectivity index (χ1n) is 10.9. The van der Waals surface area contributed by atoms with Crippen LogP contribution < -0.4 is 4.74 Å². The second-order valence-electron chi connectivity index (χ2n) is 8.39. The van der Waals surface area contributed by atoms with E-state index in [-0.39, 0.29) is 23.6 Å². The fraction of sp³-hybridized carbons (Fsp3) is 0.522. The van der Waals surface area contributed by atoms with Gasteiger partial charge in [0, 0.05) is 24.8 Å². The van der Waals surface area contributed by atoms with Crippen molar-refractivity contribution < 1.29 is 23.9 Å². The number of carbonyl (C=O) groups excluding carboxylic acids is 1. The molecule has 1 N–H and O–H groups in total. The topological polar surface area (TPSA) is 107 Å². The SMILES string of the molecule is CC[C@@H]1CN2CCc3c([nH]c4ccc([N+](=O)[O-])c(OC)c34)[C@@H]2C[C@@H]1/C(=C\OC)C(=O)OC. The van der Waals surface area contributed by atoms with Gasteiger partial charge in [-0.1, -0.05) is 13.3 Å². The Morgan fingerprint density at radius 3 is 2.75 bits per heavy atom. The highest BCUT2D eigenvalue weighted by Gasteiger charge is 2.43. The summed E-state index contributed by atoms with van der Waals surface area (Å²) in [5.74, 6) is 0.219. The molecule has 172 valence electrons. The van der Waals surface area contributed by atoms with Crippen molar-refractivity contribution in [3.63, 3.8) is 0 Å². The lowest BCUT2D eigenvalue weighted by atomic mass is 9.74. The quantitative estimate of drug-likeness (QED) is 0.238. The lowest BCUT2D eigenvalue weighted by Crippen LogP contribution is -2.47. The lowest BCUT2D eigenvalue weighted by molar-refractivity contribution is -0.385. The van der Waals surface area contributed by atoms with Gasteiger partial charge in [-0.05, 0) is 36.3 Å². The van der Waals surface area contributed by atoms with Crippen LogP contribution in [0.1, 0.15) is 37.1 Å². The number of rotatable bonds is 6. The third-order valence-electron chi connectivity index (χ3n) is 6.96. The normalized spacial score (nSPS) is 23.4. The molecule has 9 heteroatoms. The van der Waals surface area contributed by atoms with E-state index in [1.54, 1.807) is 6.07 Å². The Morgan fingerprint density at radius 2 is 2.12 bits per heavy atom. The van der Waals surface area contributed by atoms with E-state index in [9.17, 15) is 14.9 Å². The molecule has 1 fully saturated rings. The minimum atomic E-state index is -0.409. The van der Waals surface area contributed by atoms with Gasteiger partial charge in [0.25, 0.3) is 0 Å². The van der Waals surface area contributed by atoms with Gasteiger partial charge in [-0.15, -0.1) is 0 Å². The summed E-state index contributed by atoms with van der Waals surface area (Å²) in [6.45, 7) is 3.85. The number of aromatic nitrogens is 1. The highest BCUT2D eigenvalue weighted by Crippen LogP contribution is 2.48. The molecule has 1 aromatic heterocycles. The number of methoxy groups -OCH3 is 3. The summed E-state index contributed by atoms with van der Waals surface area (Å²) in [6, 6.07) is 3.29. The van der Waals surface area contributed by atoms with Crippen molar-refractivity contribution in [3.05, 3.63) is 45.3 Å². The molecular weight excluding hydrogens is 414 g/mol. The number of hydrogen-bond acceptors (Lipinski definition) is 7. The van der Waals surface area contributed by atoms with Crippen LogP contribution >= 0.6 is 0 Å². The van der Waals surface area contributed by atoms with Gasteiger partial charge in [-0.2, -0.15) is 0 Å². The number of aromatic amines is 1. The van der Waals surface area contributed by atoms with E-state index in [1.807, 2.05) is 0 Å². The lowest BCUT2D eigenvalue weighted by Gasteiger charge is -2.46. The van der Waals surface area contributed by atoms with Crippen molar-refractivity contribution in [2.24, 2.45) is 11.8 Å². The number of nitrogens with zero attached hydrogens (tertiary/aromatic N) is 2. The Labute approximate surface area is 186 Å². The Bertz CT molecular complexity index is 1080. The summed E-state index contributed by atoms with van der Waals surface area (Å²) in [7, 11) is 4.39. The van der Waals surface area contributed by atoms with Crippen LogP contribution in [0.4, 0.5) is 5.69 Å². The highest BCUT2D eigenvalue weighted by atomic mass is 16.6. The second-order valence-corrected chi connectivity index (χ2v) is 8.39. The van der Waals surface area contributed by atoms with Crippen molar-refractivity contribution in [3.8, 4) is 5.75 Å². The predicted octanol–water partition coefficient (Wildman–Crippen LogP) is 3.73. The van der Waals surface area contributed by atoms with Crippen LogP contribution in [0, 0.1) is 22.0 Å². The number of carbonyl (C=O) groups is 1. The smallest absolute Gasteiger partial charge is 0.337 e. The minimum Gasteiger partial charge on any atom is -0.504 e. The first-order valence-corrected chi connectivity index (χ1v) is 10.9. The van der Waals surface area contributed by atoms with Gasteiger partial charge in [-0.25, -0.2) is 4.79 Å². The zero-order valence-corrected chi connectivity index (χ0v) is 18.8. The zero-order chi connectivity index (χ0) is 23.0. The van der Waals surface area contributed by atoms with Crippen molar-refractivity contribution in [2.45, 2.75) is 32.2 Å². The van der Waals surface area contributed by atoms with E-state index in [0.29, 0.717) is 17.2 Å². The largest absolute Gasteiger partial charge is 0.504 e. The second kappa shape index (κ2) is 8.82. The number of hydrogen-bond donors (Lipinski definition) is 1. The van der Waals surface area contributed by atoms with Crippen molar-refractivity contribution in [1.82, 2.24) is 9.88 Å². The summed E-state index contributed by atoms with van der Waals surface area (Å²) in [5, 5.41) is 12.3. The maximum Gasteiger partial charge on any atom is 0.337 e. The van der Waals surface area contributed by atoms with E-state index in [2.05, 4.69) is 16.8 Å². The molecule has 2 aliphatic rings. The molecule has 2 aromatic rings. The molecule has 3 heterocycles. The average Bonchev–Trinajstić information content (AvgIpc) is 3.19. The minimum absolute atomic E-state index is 0.0118. The maximum absolute atomic E-state index is 12.5. The number of benzene rings is 1. The third-order valence-corrected chi connectivity index (χ3v) is 6.96. The molecule has 0 radical (unpaired) electrons. The van der Waals surface area contributed by atoms with Gasteiger partial charge in [0.15, 0.2) is 0 Å². The number of ether oxygens (including phenoxy) is 3. The molecule has 0 aliphatic carbocycles. The van der Waals surface area contributed by atoms with E-state index < -0.39 is 4.92 Å². The number of nitro benzene ring substituents is 1. The van der Waals surface area contributed by atoms with E-state index in [0.717, 1.165) is 54.5 Å². The molecule has 0 unspecified atom stereocenters. The van der Waals surface area contributed by atoms with Crippen molar-refractivity contribution in [2.75, 3.05) is 34.4 Å². The van der Waals surface area contributed by atoms with Crippen LogP contribution in [0.3, 0.4) is 0 Å². The Morgan fingerprint density at radius 1 is 1.34 bits per heavy atom. The molecule has 0 saturated carbocycles. The number of H-pyrrole nitrogens is 1. The Balaban J connectivity index is 1.80. The number of nitro groups is 1. The third kappa shape index (κ3) is 3.50. The molecule has 1 aromatic carbocycles. The predicted molar refractivity (Wildman–Crippen MR) is 119 cm³/mol. The fourth-order valence-corrected chi connectivity index (χ4v) is 5.49. The van der Waals surface area contributed by atoms with Crippen molar-refractivity contribution in [1.29, 1.82) is 0 Å². The Hall–Kier alpha value is -3.07. The van der Waals surface area contributed by atoms with Gasteiger partial charge in [0.1, 0.15) is 0 Å². The van der Waals surface area contributed by atoms with Gasteiger partial charge >= 0.3 is 11.7 Å². The van der Waals surface area contributed by atoms with Crippen LogP contribution in [-0.4, -0.2) is 55.2 Å². The van der Waals surface area contributed by atoms with Gasteiger partial charge in [0.2, 0.25) is 5.75 Å². The standard InChI is InChI=1S/C23H29N3O6/c1-5-13-11-25-9-8-14-20-17(6-7-18(26(28)29)22(20)31-3)24-21(14)19(25)10-15(13)16(12-30-2)23(27)32-4/h6-7,12-13,15,19,24H,5,8-11H2,1-4H3/b16-12+/t13-,15+,19+/m1/s1. The summed E-state index contributed by atoms with van der Waals surface area (Å²) >= 11 is 0. The molecule has 2 aliphatic heterocycles. The van der Waals surface area contributed by atoms with Crippen LogP contribution in [0.15, 0.2) is 24.0 Å². The maximum atomic E-state index is 12.5. The number of esters is 1. The van der Waals surface area contributed by atoms with E-state index in [1.165, 1.54) is 33.7 Å². The zero-order valence-electron chi connectivity index (χ0n) is 18.8. The molecule has 0 amide bonds. The highest BCUT2D eigenvalue weighted by molar-refractivity contribution is 5.94. The molecule has 32 heavy (non-hydrogen) atoms. The summed E-state index contributed by atoms with van der Waals surface area (Å²) in [6.07, 6.45) is 3.96. The van der Waals surface area contributed by atoms with Gasteiger partial charge in [0.05, 0.1) is 55.0 Å². The molecule has 0 bridgehead atoms. The van der Waals surface area contributed by atoms with Gasteiger partial charge < -0.3 is 19.2 Å². The van der Waals surface area contributed by atoms with E-state index >= 15 is 0 Å². The van der Waals surface area contributed by atoms with Crippen LogP contribution in [-0.2, 0) is 20.7 Å². The first kappa shape index (κ1) is 22.1. The molecule has 1 saturated heterocycles. The summed E-state index contributed by atoms with van der Waals surface area (Å²) in [4.78, 5) is 29.6. The van der Waals surface area contributed by atoms with Crippen molar-refractivity contribution >= 4 is 22.6 Å².